The monoisotopic (exact) mass is 287 g/mol. The Kier molecular flexibility index (Phi) is 3.57. The van der Waals surface area contributed by atoms with Crippen molar-refractivity contribution in [2.24, 2.45) is 5.92 Å². The Balaban J connectivity index is 1.86. The minimum atomic E-state index is -0.657. The first kappa shape index (κ1) is 13.3. The van der Waals surface area contributed by atoms with Crippen LogP contribution in [0.25, 0.3) is 0 Å². The molecule has 3 nitrogen and oxygen atoms in total. The summed E-state index contributed by atoms with van der Waals surface area (Å²) < 4.78 is 0. The first-order valence-corrected chi connectivity index (χ1v) is 7.68. The first-order valence-electron chi connectivity index (χ1n) is 6.87. The molecule has 3 rings (SSSR count). The fourth-order valence-electron chi connectivity index (χ4n) is 2.87. The number of aromatic nitrogens is 1. The molecule has 20 heavy (non-hydrogen) atoms. The molecular formula is C16H17NO2S. The molecule has 4 heteroatoms. The topological polar surface area (TPSA) is 50.2 Å². The molecule has 0 saturated carbocycles. The lowest BCUT2D eigenvalue weighted by Gasteiger charge is -2.18. The highest BCUT2D eigenvalue weighted by Gasteiger charge is 2.27. The highest BCUT2D eigenvalue weighted by Crippen LogP contribution is 2.37. The SMILES string of the molecule is Cc1c(Cc2cccnc2)sc2c1CCC(C(=O)O)C2. The molecule has 2 aromatic rings. The lowest BCUT2D eigenvalue weighted by atomic mass is 9.87. The first-order chi connectivity index (χ1) is 9.65. The van der Waals surface area contributed by atoms with E-state index in [0.717, 1.165) is 19.3 Å². The van der Waals surface area contributed by atoms with E-state index in [-0.39, 0.29) is 5.92 Å². The quantitative estimate of drug-likeness (QED) is 0.943. The fraction of sp³-hybridized carbons (Fsp3) is 0.375. The molecule has 1 aliphatic rings. The van der Waals surface area contributed by atoms with Crippen LogP contribution in [-0.2, 0) is 24.1 Å². The number of aliphatic carboxylic acids is 1. The van der Waals surface area contributed by atoms with Crippen molar-refractivity contribution < 1.29 is 9.90 Å². The number of carboxylic acids is 1. The van der Waals surface area contributed by atoms with Gasteiger partial charge in [-0.15, -0.1) is 11.3 Å². The Bertz CT molecular complexity index is 633. The van der Waals surface area contributed by atoms with Crippen LogP contribution >= 0.6 is 11.3 Å². The van der Waals surface area contributed by atoms with Crippen molar-refractivity contribution in [1.82, 2.24) is 4.98 Å². The van der Waals surface area contributed by atoms with E-state index in [1.54, 1.807) is 17.5 Å². The molecular weight excluding hydrogens is 270 g/mol. The van der Waals surface area contributed by atoms with E-state index < -0.39 is 5.97 Å². The van der Waals surface area contributed by atoms with Gasteiger partial charge < -0.3 is 5.11 Å². The molecule has 1 unspecified atom stereocenters. The molecule has 104 valence electrons. The number of hydrogen-bond acceptors (Lipinski definition) is 3. The van der Waals surface area contributed by atoms with Gasteiger partial charge in [0.25, 0.3) is 0 Å². The van der Waals surface area contributed by atoms with Crippen LogP contribution in [0.2, 0.25) is 0 Å². The molecule has 0 radical (unpaired) electrons. The number of thiophene rings is 1. The Morgan fingerprint density at radius 1 is 1.55 bits per heavy atom. The summed E-state index contributed by atoms with van der Waals surface area (Å²) in [6, 6.07) is 4.05. The maximum atomic E-state index is 11.1. The van der Waals surface area contributed by atoms with Gasteiger partial charge in [0.1, 0.15) is 0 Å². The van der Waals surface area contributed by atoms with Gasteiger partial charge in [0.05, 0.1) is 5.92 Å². The summed E-state index contributed by atoms with van der Waals surface area (Å²) in [5, 5.41) is 9.17. The predicted octanol–water partition coefficient (Wildman–Crippen LogP) is 3.23. The minimum absolute atomic E-state index is 0.202. The Morgan fingerprint density at radius 3 is 3.10 bits per heavy atom. The molecule has 1 aliphatic carbocycles. The number of fused-ring (bicyclic) bond motifs is 1. The van der Waals surface area contributed by atoms with E-state index in [1.807, 2.05) is 12.3 Å². The summed E-state index contributed by atoms with van der Waals surface area (Å²) in [7, 11) is 0. The third-order valence-electron chi connectivity index (χ3n) is 4.07. The largest absolute Gasteiger partial charge is 0.481 e. The number of rotatable bonds is 3. The highest BCUT2D eigenvalue weighted by atomic mass is 32.1. The van der Waals surface area contributed by atoms with Gasteiger partial charge in [-0.2, -0.15) is 0 Å². The number of nitrogens with zero attached hydrogens (tertiary/aromatic N) is 1. The van der Waals surface area contributed by atoms with Gasteiger partial charge in [0.15, 0.2) is 0 Å². The van der Waals surface area contributed by atoms with Crippen molar-refractivity contribution in [3.05, 3.63) is 51.0 Å². The van der Waals surface area contributed by atoms with Crippen LogP contribution < -0.4 is 0 Å². The van der Waals surface area contributed by atoms with E-state index in [0.29, 0.717) is 6.42 Å². The third kappa shape index (κ3) is 2.48. The zero-order chi connectivity index (χ0) is 14.1. The van der Waals surface area contributed by atoms with E-state index >= 15 is 0 Å². The molecule has 2 heterocycles. The molecule has 1 atom stereocenters. The zero-order valence-electron chi connectivity index (χ0n) is 11.4. The van der Waals surface area contributed by atoms with E-state index in [1.165, 1.54) is 26.4 Å². The average Bonchev–Trinajstić information content (AvgIpc) is 2.76. The van der Waals surface area contributed by atoms with Crippen molar-refractivity contribution >= 4 is 17.3 Å². The normalized spacial score (nSPS) is 17.8. The van der Waals surface area contributed by atoms with Gasteiger partial charge in [-0.25, -0.2) is 0 Å². The number of hydrogen-bond donors (Lipinski definition) is 1. The van der Waals surface area contributed by atoms with Crippen LogP contribution in [0.15, 0.2) is 24.5 Å². The average molecular weight is 287 g/mol. The predicted molar refractivity (Wildman–Crippen MR) is 79.2 cm³/mol. The van der Waals surface area contributed by atoms with Gasteiger partial charge in [-0.3, -0.25) is 9.78 Å². The molecule has 0 aliphatic heterocycles. The number of pyridine rings is 1. The molecule has 0 amide bonds. The summed E-state index contributed by atoms with van der Waals surface area (Å²) in [4.78, 5) is 17.9. The minimum Gasteiger partial charge on any atom is -0.481 e. The lowest BCUT2D eigenvalue weighted by Crippen LogP contribution is -2.21. The van der Waals surface area contributed by atoms with E-state index in [4.69, 9.17) is 0 Å². The summed E-state index contributed by atoms with van der Waals surface area (Å²) in [5.41, 5.74) is 3.97. The molecule has 0 bridgehead atoms. The Hall–Kier alpha value is -1.68. The second-order valence-corrected chi connectivity index (χ2v) is 6.56. The van der Waals surface area contributed by atoms with E-state index in [9.17, 15) is 9.90 Å². The summed E-state index contributed by atoms with van der Waals surface area (Å²) in [6.07, 6.45) is 6.96. The molecule has 0 aromatic carbocycles. The van der Waals surface area contributed by atoms with Crippen LogP contribution in [0.4, 0.5) is 0 Å². The van der Waals surface area contributed by atoms with Gasteiger partial charge >= 0.3 is 5.97 Å². The van der Waals surface area contributed by atoms with Gasteiger partial charge in [0, 0.05) is 28.6 Å². The standard InChI is InChI=1S/C16H17NO2S/c1-10-13-5-4-12(16(18)19)8-15(13)20-14(10)7-11-3-2-6-17-9-11/h2-3,6,9,12H,4-5,7-8H2,1H3,(H,18,19). The summed E-state index contributed by atoms with van der Waals surface area (Å²) in [5.74, 6) is -0.859. The second kappa shape index (κ2) is 5.37. The maximum Gasteiger partial charge on any atom is 0.306 e. The van der Waals surface area contributed by atoms with Crippen molar-refractivity contribution in [3.8, 4) is 0 Å². The van der Waals surface area contributed by atoms with Crippen molar-refractivity contribution in [3.63, 3.8) is 0 Å². The maximum absolute atomic E-state index is 11.1. The summed E-state index contributed by atoms with van der Waals surface area (Å²) >= 11 is 1.79. The zero-order valence-corrected chi connectivity index (χ0v) is 12.2. The molecule has 0 spiro atoms. The summed E-state index contributed by atoms with van der Waals surface area (Å²) in [6.45, 7) is 2.17. The fourth-order valence-corrected chi connectivity index (χ4v) is 4.34. The van der Waals surface area contributed by atoms with Crippen molar-refractivity contribution in [1.29, 1.82) is 0 Å². The van der Waals surface area contributed by atoms with Gasteiger partial charge in [-0.05, 0) is 48.9 Å². The van der Waals surface area contributed by atoms with Gasteiger partial charge in [0.2, 0.25) is 0 Å². The van der Waals surface area contributed by atoms with Crippen molar-refractivity contribution in [2.75, 3.05) is 0 Å². The van der Waals surface area contributed by atoms with E-state index in [2.05, 4.69) is 18.0 Å². The highest BCUT2D eigenvalue weighted by molar-refractivity contribution is 7.12. The van der Waals surface area contributed by atoms with Crippen molar-refractivity contribution in [2.45, 2.75) is 32.6 Å². The van der Waals surface area contributed by atoms with Crippen LogP contribution in [-0.4, -0.2) is 16.1 Å². The molecule has 0 saturated heterocycles. The molecule has 1 N–H and O–H groups in total. The number of carboxylic acid groups (broad SMARTS) is 1. The smallest absolute Gasteiger partial charge is 0.306 e. The van der Waals surface area contributed by atoms with Crippen LogP contribution in [0.5, 0.6) is 0 Å². The van der Waals surface area contributed by atoms with Gasteiger partial charge in [-0.1, -0.05) is 6.07 Å². The molecule has 2 aromatic heterocycles. The van der Waals surface area contributed by atoms with Crippen LogP contribution in [0, 0.1) is 12.8 Å². The number of carbonyl (C=O) groups is 1. The van der Waals surface area contributed by atoms with Crippen LogP contribution in [0.3, 0.4) is 0 Å². The Morgan fingerprint density at radius 2 is 2.40 bits per heavy atom. The Labute approximate surface area is 122 Å². The molecule has 0 fully saturated rings. The van der Waals surface area contributed by atoms with Crippen LogP contribution in [0.1, 0.15) is 32.9 Å². The second-order valence-electron chi connectivity index (χ2n) is 5.37. The third-order valence-corrected chi connectivity index (χ3v) is 5.42. The lowest BCUT2D eigenvalue weighted by molar-refractivity contribution is -0.142.